The molecule has 0 aromatic heterocycles. The topological polar surface area (TPSA) is 108 Å². The fourth-order valence-electron chi connectivity index (χ4n) is 3.90. The molecule has 2 aliphatic rings. The Morgan fingerprint density at radius 3 is 2.76 bits per heavy atom. The summed E-state index contributed by atoms with van der Waals surface area (Å²) in [5.74, 6) is -0.269. The second kappa shape index (κ2) is 11.9. The highest BCUT2D eigenvalue weighted by atomic mass is 35.5. The van der Waals surface area contributed by atoms with Crippen LogP contribution in [0.15, 0.2) is 18.2 Å². The first-order chi connectivity index (χ1) is 15.8. The van der Waals surface area contributed by atoms with E-state index in [4.69, 9.17) is 16.3 Å². The molecule has 0 spiro atoms. The lowest BCUT2D eigenvalue weighted by atomic mass is 10.1. The van der Waals surface area contributed by atoms with Crippen LogP contribution in [0.1, 0.15) is 49.4 Å². The second-order valence-corrected chi connectivity index (χ2v) is 8.87. The van der Waals surface area contributed by atoms with Crippen LogP contribution in [-0.2, 0) is 14.4 Å². The Morgan fingerprint density at radius 2 is 2.00 bits per heavy atom. The predicted octanol–water partition coefficient (Wildman–Crippen LogP) is 1.59. The number of fused-ring (bicyclic) bond motifs is 1. The summed E-state index contributed by atoms with van der Waals surface area (Å²) in [5, 5.41) is 6.13. The van der Waals surface area contributed by atoms with Gasteiger partial charge in [0.15, 0.2) is 0 Å². The maximum Gasteiger partial charge on any atom is 0.255 e. The average Bonchev–Trinajstić information content (AvgIpc) is 3.19. The van der Waals surface area contributed by atoms with E-state index in [1.54, 1.807) is 30.0 Å². The summed E-state index contributed by atoms with van der Waals surface area (Å²) in [6.45, 7) is 3.74. The van der Waals surface area contributed by atoms with Crippen LogP contribution >= 0.6 is 11.6 Å². The van der Waals surface area contributed by atoms with Gasteiger partial charge in [0.25, 0.3) is 5.91 Å². The number of hydrogen-bond donors (Lipinski definition) is 2. The van der Waals surface area contributed by atoms with Gasteiger partial charge in [-0.3, -0.25) is 19.2 Å². The van der Waals surface area contributed by atoms with Crippen molar-refractivity contribution in [2.45, 2.75) is 45.1 Å². The summed E-state index contributed by atoms with van der Waals surface area (Å²) in [6.07, 6.45) is 2.79. The Morgan fingerprint density at radius 1 is 1.18 bits per heavy atom. The van der Waals surface area contributed by atoms with Gasteiger partial charge in [0.2, 0.25) is 17.7 Å². The van der Waals surface area contributed by atoms with Gasteiger partial charge in [-0.25, -0.2) is 0 Å². The highest BCUT2D eigenvalue weighted by molar-refractivity contribution is 6.31. The normalized spacial score (nSPS) is 20.8. The third kappa shape index (κ3) is 7.35. The lowest BCUT2D eigenvalue weighted by Crippen LogP contribution is -2.46. The van der Waals surface area contributed by atoms with E-state index in [2.05, 4.69) is 10.6 Å². The third-order valence-corrected chi connectivity index (χ3v) is 5.91. The van der Waals surface area contributed by atoms with Crippen LogP contribution in [0.5, 0.6) is 5.75 Å². The Balaban J connectivity index is 1.64. The smallest absolute Gasteiger partial charge is 0.255 e. The molecular weight excluding hydrogens is 448 g/mol. The number of likely N-dealkylation sites (tertiary alicyclic amines) is 1. The zero-order valence-electron chi connectivity index (χ0n) is 18.9. The molecule has 3 rings (SSSR count). The minimum atomic E-state index is -0.339. The Kier molecular flexibility index (Phi) is 8.94. The highest BCUT2D eigenvalue weighted by Gasteiger charge is 2.24. The molecule has 2 aliphatic heterocycles. The molecule has 180 valence electrons. The zero-order valence-corrected chi connectivity index (χ0v) is 19.7. The molecule has 1 fully saturated rings. The molecule has 2 N–H and O–H groups in total. The van der Waals surface area contributed by atoms with Crippen LogP contribution in [0.2, 0.25) is 5.02 Å². The van der Waals surface area contributed by atoms with Crippen molar-refractivity contribution in [1.82, 2.24) is 20.4 Å². The first-order valence-electron chi connectivity index (χ1n) is 11.4. The SMILES string of the molecule is C[C@H]1COc2ccc(Cl)cc2C(=O)NCCCCN(C(=O)CCN2CCCC2=O)CC(=O)N1. The van der Waals surface area contributed by atoms with Gasteiger partial charge >= 0.3 is 0 Å². The Hall–Kier alpha value is -2.81. The summed E-state index contributed by atoms with van der Waals surface area (Å²) >= 11 is 6.05. The summed E-state index contributed by atoms with van der Waals surface area (Å²) in [6, 6.07) is 4.49. The number of carbonyl (C=O) groups is 4. The van der Waals surface area contributed by atoms with Gasteiger partial charge in [-0.2, -0.15) is 0 Å². The molecule has 9 nitrogen and oxygen atoms in total. The molecule has 1 atom stereocenters. The maximum atomic E-state index is 12.8. The van der Waals surface area contributed by atoms with Gasteiger partial charge in [-0.1, -0.05) is 11.6 Å². The number of halogens is 1. The number of amides is 4. The number of hydrogen-bond acceptors (Lipinski definition) is 5. The highest BCUT2D eigenvalue weighted by Crippen LogP contribution is 2.23. The first kappa shape index (κ1) is 24.8. The Labute approximate surface area is 198 Å². The molecular formula is C23H31ClN4O5. The van der Waals surface area contributed by atoms with Crippen molar-refractivity contribution < 1.29 is 23.9 Å². The van der Waals surface area contributed by atoms with E-state index in [1.807, 2.05) is 0 Å². The van der Waals surface area contributed by atoms with Gasteiger partial charge in [0, 0.05) is 44.0 Å². The second-order valence-electron chi connectivity index (χ2n) is 8.43. The number of nitrogens with zero attached hydrogens (tertiary/aromatic N) is 2. The standard InChI is InChI=1S/C23H31ClN4O5/c1-16-15-33-19-7-6-17(24)13-18(19)23(32)25-9-2-3-10-28(14-20(29)26-16)22(31)8-12-27-11-4-5-21(27)30/h6-7,13,16H,2-5,8-12,14-15H2,1H3,(H,25,32)(H,26,29)/t16-/m0/s1. The van der Waals surface area contributed by atoms with E-state index in [1.165, 1.54) is 4.90 Å². The molecule has 1 saturated heterocycles. The zero-order chi connectivity index (χ0) is 23.8. The molecule has 0 unspecified atom stereocenters. The van der Waals surface area contributed by atoms with Crippen molar-refractivity contribution in [3.8, 4) is 5.75 Å². The number of ether oxygens (including phenoxy) is 1. The van der Waals surface area contributed by atoms with E-state index < -0.39 is 0 Å². The van der Waals surface area contributed by atoms with Crippen LogP contribution in [0.3, 0.4) is 0 Å². The predicted molar refractivity (Wildman–Crippen MR) is 123 cm³/mol. The van der Waals surface area contributed by atoms with Crippen LogP contribution in [0.4, 0.5) is 0 Å². The first-order valence-corrected chi connectivity index (χ1v) is 11.8. The van der Waals surface area contributed by atoms with Crippen molar-refractivity contribution in [2.75, 3.05) is 39.3 Å². The molecule has 1 aromatic rings. The van der Waals surface area contributed by atoms with Gasteiger partial charge in [0.1, 0.15) is 12.4 Å². The molecule has 33 heavy (non-hydrogen) atoms. The van der Waals surface area contributed by atoms with E-state index in [0.29, 0.717) is 61.8 Å². The van der Waals surface area contributed by atoms with Crippen LogP contribution in [-0.4, -0.2) is 78.8 Å². The molecule has 10 heteroatoms. The number of carbonyl (C=O) groups excluding carboxylic acids is 4. The molecule has 0 bridgehead atoms. The van der Waals surface area contributed by atoms with Crippen molar-refractivity contribution in [3.63, 3.8) is 0 Å². The average molecular weight is 479 g/mol. The van der Waals surface area contributed by atoms with Gasteiger partial charge in [-0.05, 0) is 44.4 Å². The number of nitrogens with one attached hydrogen (secondary N) is 2. The summed E-state index contributed by atoms with van der Waals surface area (Å²) in [7, 11) is 0. The summed E-state index contributed by atoms with van der Waals surface area (Å²) < 4.78 is 5.78. The molecule has 1 aromatic carbocycles. The largest absolute Gasteiger partial charge is 0.491 e. The fraction of sp³-hybridized carbons (Fsp3) is 0.565. The van der Waals surface area contributed by atoms with Crippen LogP contribution in [0.25, 0.3) is 0 Å². The summed E-state index contributed by atoms with van der Waals surface area (Å²) in [5.41, 5.74) is 0.337. The van der Waals surface area contributed by atoms with Gasteiger partial charge < -0.3 is 25.2 Å². The number of rotatable bonds is 3. The monoisotopic (exact) mass is 478 g/mol. The minimum absolute atomic E-state index is 0.0598. The van der Waals surface area contributed by atoms with Gasteiger partial charge in [-0.15, -0.1) is 0 Å². The number of benzene rings is 1. The molecule has 0 aliphatic carbocycles. The quantitative estimate of drug-likeness (QED) is 0.685. The maximum absolute atomic E-state index is 12.8. The van der Waals surface area contributed by atoms with Crippen molar-refractivity contribution >= 4 is 35.2 Å². The van der Waals surface area contributed by atoms with E-state index in [0.717, 1.165) is 6.42 Å². The molecule has 4 amide bonds. The van der Waals surface area contributed by atoms with Crippen molar-refractivity contribution in [1.29, 1.82) is 0 Å². The minimum Gasteiger partial charge on any atom is -0.491 e. The third-order valence-electron chi connectivity index (χ3n) is 5.68. The lowest BCUT2D eigenvalue weighted by Gasteiger charge is -2.25. The summed E-state index contributed by atoms with van der Waals surface area (Å²) in [4.78, 5) is 53.1. The molecule has 0 radical (unpaired) electrons. The van der Waals surface area contributed by atoms with Crippen LogP contribution < -0.4 is 15.4 Å². The fourth-order valence-corrected chi connectivity index (χ4v) is 4.07. The van der Waals surface area contributed by atoms with Gasteiger partial charge in [0.05, 0.1) is 18.2 Å². The van der Waals surface area contributed by atoms with Crippen molar-refractivity contribution in [2.24, 2.45) is 0 Å². The Bertz CT molecular complexity index is 894. The molecule has 0 saturated carbocycles. The van der Waals surface area contributed by atoms with E-state index >= 15 is 0 Å². The van der Waals surface area contributed by atoms with E-state index in [-0.39, 0.29) is 49.2 Å². The van der Waals surface area contributed by atoms with Crippen molar-refractivity contribution in [3.05, 3.63) is 28.8 Å². The lowest BCUT2D eigenvalue weighted by molar-refractivity contribution is -0.137. The molecule has 2 heterocycles. The van der Waals surface area contributed by atoms with E-state index in [9.17, 15) is 19.2 Å². The van der Waals surface area contributed by atoms with Crippen LogP contribution in [0, 0.1) is 0 Å².